The highest BCUT2D eigenvalue weighted by molar-refractivity contribution is 5.86. The van der Waals surface area contributed by atoms with Crippen LogP contribution in [0.3, 0.4) is 0 Å². The molecule has 1 heterocycles. The molecule has 2 aromatic rings. The molecule has 0 fully saturated rings. The van der Waals surface area contributed by atoms with Gasteiger partial charge in [0.05, 0.1) is 5.69 Å². The lowest BCUT2D eigenvalue weighted by molar-refractivity contribution is 0.0690. The van der Waals surface area contributed by atoms with Crippen molar-refractivity contribution in [1.82, 2.24) is 9.97 Å². The van der Waals surface area contributed by atoms with Crippen molar-refractivity contribution in [2.24, 2.45) is 0 Å². The van der Waals surface area contributed by atoms with E-state index in [4.69, 9.17) is 5.11 Å². The van der Waals surface area contributed by atoms with E-state index >= 15 is 0 Å². The van der Waals surface area contributed by atoms with Crippen LogP contribution in [0.15, 0.2) is 35.1 Å². The van der Waals surface area contributed by atoms with Gasteiger partial charge < -0.3 is 5.11 Å². The lowest BCUT2D eigenvalue weighted by Gasteiger charge is -2.04. The first-order chi connectivity index (χ1) is 8.08. The van der Waals surface area contributed by atoms with E-state index in [1.165, 1.54) is 6.07 Å². The third-order valence-corrected chi connectivity index (χ3v) is 2.40. The van der Waals surface area contributed by atoms with E-state index in [1.54, 1.807) is 6.07 Å². The summed E-state index contributed by atoms with van der Waals surface area (Å²) in [5.41, 5.74) is 1.22. The van der Waals surface area contributed by atoms with E-state index in [0.717, 1.165) is 11.1 Å². The summed E-state index contributed by atoms with van der Waals surface area (Å²) in [6.45, 7) is 1.87. The SMILES string of the molecule is Cc1ccccc1-c1cc(C(=O)O)[nH]c(=O)n1. The van der Waals surface area contributed by atoms with Crippen LogP contribution in [0, 0.1) is 6.92 Å². The van der Waals surface area contributed by atoms with Crippen molar-refractivity contribution in [2.75, 3.05) is 0 Å². The van der Waals surface area contributed by atoms with Gasteiger partial charge in [0.25, 0.3) is 0 Å². The number of nitrogens with zero attached hydrogens (tertiary/aromatic N) is 1. The second-order valence-electron chi connectivity index (χ2n) is 3.61. The molecule has 2 rings (SSSR count). The van der Waals surface area contributed by atoms with Gasteiger partial charge in [-0.1, -0.05) is 24.3 Å². The van der Waals surface area contributed by atoms with Crippen LogP contribution in [-0.4, -0.2) is 21.0 Å². The minimum atomic E-state index is -1.18. The highest BCUT2D eigenvalue weighted by Gasteiger charge is 2.09. The molecule has 0 aliphatic heterocycles. The van der Waals surface area contributed by atoms with Gasteiger partial charge in [-0.3, -0.25) is 4.98 Å². The zero-order valence-corrected chi connectivity index (χ0v) is 9.10. The van der Waals surface area contributed by atoms with E-state index in [-0.39, 0.29) is 5.69 Å². The minimum absolute atomic E-state index is 0.164. The maximum Gasteiger partial charge on any atom is 0.352 e. The Morgan fingerprint density at radius 1 is 1.35 bits per heavy atom. The lowest BCUT2D eigenvalue weighted by atomic mass is 10.1. The summed E-state index contributed by atoms with van der Waals surface area (Å²) in [5.74, 6) is -1.18. The van der Waals surface area contributed by atoms with Crippen LogP contribution in [0.4, 0.5) is 0 Å². The molecule has 5 heteroatoms. The van der Waals surface area contributed by atoms with Crippen LogP contribution in [0.1, 0.15) is 16.1 Å². The molecule has 17 heavy (non-hydrogen) atoms. The predicted molar refractivity (Wildman–Crippen MR) is 62.0 cm³/mol. The number of H-pyrrole nitrogens is 1. The lowest BCUT2D eigenvalue weighted by Crippen LogP contribution is -2.16. The number of aromatic carboxylic acids is 1. The standard InChI is InChI=1S/C12H10N2O3/c1-7-4-2-3-5-8(7)9-6-10(11(15)16)14-12(17)13-9/h2-6H,1H3,(H,15,16)(H,13,14,17). The molecule has 0 saturated heterocycles. The van der Waals surface area contributed by atoms with Gasteiger partial charge in [0, 0.05) is 5.56 Å². The average Bonchev–Trinajstić information content (AvgIpc) is 2.28. The fraction of sp³-hybridized carbons (Fsp3) is 0.0833. The molecule has 1 aromatic heterocycles. The fourth-order valence-electron chi connectivity index (χ4n) is 1.57. The van der Waals surface area contributed by atoms with Crippen LogP contribution >= 0.6 is 0 Å². The highest BCUT2D eigenvalue weighted by atomic mass is 16.4. The maximum absolute atomic E-state index is 11.3. The zero-order valence-electron chi connectivity index (χ0n) is 9.10. The number of carboxylic acid groups (broad SMARTS) is 1. The summed E-state index contributed by atoms with van der Waals surface area (Å²) in [4.78, 5) is 28.0. The van der Waals surface area contributed by atoms with E-state index in [2.05, 4.69) is 9.97 Å². The van der Waals surface area contributed by atoms with E-state index in [9.17, 15) is 9.59 Å². The summed E-state index contributed by atoms with van der Waals surface area (Å²) < 4.78 is 0. The van der Waals surface area contributed by atoms with Crippen molar-refractivity contribution in [1.29, 1.82) is 0 Å². The zero-order chi connectivity index (χ0) is 12.4. The first kappa shape index (κ1) is 11.1. The first-order valence-electron chi connectivity index (χ1n) is 4.98. The molecule has 0 aliphatic rings. The van der Waals surface area contributed by atoms with Gasteiger partial charge in [-0.05, 0) is 18.6 Å². The number of hydrogen-bond donors (Lipinski definition) is 2. The summed E-state index contributed by atoms with van der Waals surface area (Å²) >= 11 is 0. The second kappa shape index (κ2) is 4.21. The molecule has 0 unspecified atom stereocenters. The van der Waals surface area contributed by atoms with Crippen molar-refractivity contribution in [2.45, 2.75) is 6.92 Å². The summed E-state index contributed by atoms with van der Waals surface area (Å²) in [6.07, 6.45) is 0. The highest BCUT2D eigenvalue weighted by Crippen LogP contribution is 2.20. The van der Waals surface area contributed by atoms with Gasteiger partial charge in [0.15, 0.2) is 0 Å². The van der Waals surface area contributed by atoms with Crippen LogP contribution < -0.4 is 5.69 Å². The fourth-order valence-corrected chi connectivity index (χ4v) is 1.57. The largest absolute Gasteiger partial charge is 0.477 e. The number of hydrogen-bond acceptors (Lipinski definition) is 3. The molecule has 0 bridgehead atoms. The summed E-state index contributed by atoms with van der Waals surface area (Å²) in [6, 6.07) is 8.70. The summed E-state index contributed by atoms with van der Waals surface area (Å²) in [5, 5.41) is 8.85. The normalized spacial score (nSPS) is 10.2. The third-order valence-electron chi connectivity index (χ3n) is 2.40. The van der Waals surface area contributed by atoms with Gasteiger partial charge in [-0.25, -0.2) is 9.59 Å². The Morgan fingerprint density at radius 3 is 2.71 bits per heavy atom. The average molecular weight is 230 g/mol. The van der Waals surface area contributed by atoms with Crippen LogP contribution in [0.25, 0.3) is 11.3 Å². The molecule has 86 valence electrons. The Balaban J connectivity index is 2.64. The van der Waals surface area contributed by atoms with E-state index in [0.29, 0.717) is 5.69 Å². The Labute approximate surface area is 96.8 Å². The molecule has 0 aliphatic carbocycles. The number of carboxylic acids is 1. The third kappa shape index (κ3) is 2.23. The van der Waals surface area contributed by atoms with Crippen molar-refractivity contribution in [3.63, 3.8) is 0 Å². The van der Waals surface area contributed by atoms with Crippen molar-refractivity contribution >= 4 is 5.97 Å². The molecule has 2 N–H and O–H groups in total. The number of carbonyl (C=O) groups is 1. The van der Waals surface area contributed by atoms with Crippen LogP contribution in [0.2, 0.25) is 0 Å². The molecule has 0 atom stereocenters. The first-order valence-corrected chi connectivity index (χ1v) is 4.98. The Morgan fingerprint density at radius 2 is 2.06 bits per heavy atom. The number of aryl methyl sites for hydroxylation is 1. The topological polar surface area (TPSA) is 83.0 Å². The molecule has 0 radical (unpaired) electrons. The Hall–Kier alpha value is -2.43. The van der Waals surface area contributed by atoms with Crippen molar-refractivity contribution in [3.05, 3.63) is 52.1 Å². The maximum atomic E-state index is 11.3. The number of aromatic nitrogens is 2. The molecular weight excluding hydrogens is 220 g/mol. The number of benzene rings is 1. The van der Waals surface area contributed by atoms with Crippen LogP contribution in [0.5, 0.6) is 0 Å². The van der Waals surface area contributed by atoms with Crippen molar-refractivity contribution < 1.29 is 9.90 Å². The number of nitrogens with one attached hydrogen (secondary N) is 1. The summed E-state index contributed by atoms with van der Waals surface area (Å²) in [7, 11) is 0. The number of aromatic amines is 1. The second-order valence-corrected chi connectivity index (χ2v) is 3.61. The predicted octanol–water partition coefficient (Wildman–Crippen LogP) is 1.44. The van der Waals surface area contributed by atoms with E-state index in [1.807, 2.05) is 25.1 Å². The molecular formula is C12H10N2O3. The minimum Gasteiger partial charge on any atom is -0.477 e. The molecule has 0 spiro atoms. The van der Waals surface area contributed by atoms with Crippen LogP contribution in [-0.2, 0) is 0 Å². The molecule has 5 nitrogen and oxygen atoms in total. The van der Waals surface area contributed by atoms with Crippen molar-refractivity contribution in [3.8, 4) is 11.3 Å². The van der Waals surface area contributed by atoms with Gasteiger partial charge in [-0.2, -0.15) is 4.98 Å². The van der Waals surface area contributed by atoms with E-state index < -0.39 is 11.7 Å². The molecule has 1 aromatic carbocycles. The van der Waals surface area contributed by atoms with Gasteiger partial charge in [-0.15, -0.1) is 0 Å². The molecule has 0 amide bonds. The molecule has 0 saturated carbocycles. The van der Waals surface area contributed by atoms with Gasteiger partial charge in [0.2, 0.25) is 0 Å². The smallest absolute Gasteiger partial charge is 0.352 e. The van der Waals surface area contributed by atoms with Gasteiger partial charge in [0.1, 0.15) is 5.69 Å². The quantitative estimate of drug-likeness (QED) is 0.817. The van der Waals surface area contributed by atoms with Gasteiger partial charge >= 0.3 is 11.7 Å². The Bertz CT molecular complexity index is 632. The Kier molecular flexibility index (Phi) is 2.74. The monoisotopic (exact) mass is 230 g/mol. The number of rotatable bonds is 2.